The van der Waals surface area contributed by atoms with Gasteiger partial charge in [-0.3, -0.25) is 17.2 Å². The molecule has 0 fully saturated rings. The van der Waals surface area contributed by atoms with E-state index in [1.807, 2.05) is 33.8 Å². The summed E-state index contributed by atoms with van der Waals surface area (Å²) in [6, 6.07) is 38.6. The Bertz CT molecular complexity index is 3430. The second-order valence-corrected chi connectivity index (χ2v) is 24.1. The molecule has 16 heteroatoms. The van der Waals surface area contributed by atoms with Crippen molar-refractivity contribution in [1.82, 2.24) is 0 Å². The van der Waals surface area contributed by atoms with Gasteiger partial charge in [0.2, 0.25) is 0 Å². The molecule has 0 aliphatic heterocycles. The highest BCUT2D eigenvalue weighted by atomic mass is 32.2. The first-order valence-electron chi connectivity index (χ1n) is 22.8. The highest BCUT2D eigenvalue weighted by Gasteiger charge is 2.34. The molecule has 71 heavy (non-hydrogen) atoms. The maximum atomic E-state index is 14.7. The fourth-order valence-electron chi connectivity index (χ4n) is 7.54. The third-order valence-electron chi connectivity index (χ3n) is 11.5. The third-order valence-corrected chi connectivity index (χ3v) is 18.7. The van der Waals surface area contributed by atoms with Crippen LogP contribution in [0.25, 0.3) is 0 Å². The third kappa shape index (κ3) is 12.6. The lowest BCUT2D eigenvalue weighted by molar-refractivity contribution is 0.587. The minimum atomic E-state index is -4.28. The molecular formula is C55H58N4O8S4. The molecule has 0 aliphatic rings. The Kier molecular flexibility index (Phi) is 17.6. The number of hydrogen-bond acceptors (Lipinski definition) is 8. The lowest BCUT2D eigenvalue weighted by Crippen LogP contribution is -2.36. The summed E-state index contributed by atoms with van der Waals surface area (Å²) in [4.78, 5) is 0.0935. The highest BCUT2D eigenvalue weighted by Crippen LogP contribution is 2.38. The molecule has 0 unspecified atom stereocenters. The molecule has 0 spiro atoms. The smallest absolute Gasteiger partial charge is 0.264 e. The second-order valence-electron chi connectivity index (χ2n) is 16.7. The largest absolute Gasteiger partial charge is 0.265 e. The molecule has 0 bridgehead atoms. The summed E-state index contributed by atoms with van der Waals surface area (Å²) in [5.74, 6) is 11.3. The lowest BCUT2D eigenvalue weighted by atomic mass is 10.2. The van der Waals surface area contributed by atoms with E-state index in [4.69, 9.17) is 0 Å². The number of aryl methyl sites for hydroxylation is 4. The minimum Gasteiger partial charge on any atom is -0.264 e. The van der Waals surface area contributed by atoms with E-state index in [0.29, 0.717) is 6.42 Å². The number of unbranched alkanes of at least 4 members (excludes halogenated alkanes) is 1. The molecule has 370 valence electrons. The molecule has 6 rings (SSSR count). The van der Waals surface area contributed by atoms with Crippen LogP contribution < -0.4 is 17.2 Å². The van der Waals surface area contributed by atoms with Crippen LogP contribution in [0.4, 0.5) is 22.7 Å². The van der Waals surface area contributed by atoms with E-state index in [9.17, 15) is 33.7 Å². The fourth-order valence-corrected chi connectivity index (χ4v) is 13.3. The first kappa shape index (κ1) is 53.5. The number of para-hydroxylation sites is 4. The second kappa shape index (κ2) is 23.4. The van der Waals surface area contributed by atoms with Crippen molar-refractivity contribution in [2.75, 3.05) is 43.4 Å². The van der Waals surface area contributed by atoms with Crippen molar-refractivity contribution in [3.8, 4) is 23.7 Å². The maximum Gasteiger partial charge on any atom is 0.265 e. The lowest BCUT2D eigenvalue weighted by Gasteiger charge is -2.31. The van der Waals surface area contributed by atoms with Crippen LogP contribution in [0, 0.1) is 51.4 Å². The van der Waals surface area contributed by atoms with Gasteiger partial charge in [0, 0.05) is 13.1 Å². The molecule has 0 aromatic heterocycles. The summed E-state index contributed by atoms with van der Waals surface area (Å²) in [5, 5.41) is 0. The van der Waals surface area contributed by atoms with Crippen molar-refractivity contribution in [3.63, 3.8) is 0 Å². The van der Waals surface area contributed by atoms with E-state index in [-0.39, 0.29) is 81.4 Å². The van der Waals surface area contributed by atoms with E-state index >= 15 is 0 Å². The molecule has 0 aliphatic carbocycles. The van der Waals surface area contributed by atoms with Gasteiger partial charge in [-0.1, -0.05) is 119 Å². The maximum absolute atomic E-state index is 14.7. The van der Waals surface area contributed by atoms with Gasteiger partial charge in [-0.2, -0.15) is 0 Å². The Hall–Kier alpha value is -6.82. The van der Waals surface area contributed by atoms with Crippen molar-refractivity contribution in [2.45, 2.75) is 80.4 Å². The predicted molar refractivity (Wildman–Crippen MR) is 286 cm³/mol. The minimum absolute atomic E-state index is 0.0188. The molecule has 0 amide bonds. The number of benzene rings is 6. The Morgan fingerprint density at radius 2 is 0.634 bits per heavy atom. The van der Waals surface area contributed by atoms with Crippen LogP contribution in [0.3, 0.4) is 0 Å². The molecule has 0 radical (unpaired) electrons. The Labute approximate surface area is 421 Å². The summed E-state index contributed by atoms with van der Waals surface area (Å²) >= 11 is 0. The van der Waals surface area contributed by atoms with Crippen molar-refractivity contribution >= 4 is 62.8 Å². The van der Waals surface area contributed by atoms with E-state index in [1.165, 1.54) is 57.1 Å². The number of rotatable bonds is 21. The van der Waals surface area contributed by atoms with Crippen molar-refractivity contribution in [2.24, 2.45) is 0 Å². The summed E-state index contributed by atoms with van der Waals surface area (Å²) in [5.41, 5.74) is 3.99. The van der Waals surface area contributed by atoms with Crippen LogP contribution >= 0.6 is 0 Å². The highest BCUT2D eigenvalue weighted by molar-refractivity contribution is 7.94. The Balaban J connectivity index is 1.32. The van der Waals surface area contributed by atoms with Gasteiger partial charge in [-0.25, -0.2) is 33.7 Å². The molecule has 6 aromatic carbocycles. The van der Waals surface area contributed by atoms with E-state index in [1.54, 1.807) is 117 Å². The molecule has 6 aromatic rings. The van der Waals surface area contributed by atoms with E-state index in [0.717, 1.165) is 30.9 Å². The molecular weight excluding hydrogens is 973 g/mol. The first-order valence-corrected chi connectivity index (χ1v) is 28.6. The molecule has 0 atom stereocenters. The van der Waals surface area contributed by atoms with Crippen LogP contribution in [-0.2, 0) is 40.1 Å². The van der Waals surface area contributed by atoms with Crippen LogP contribution in [0.15, 0.2) is 177 Å². The average Bonchev–Trinajstić information content (AvgIpc) is 3.34. The molecule has 0 saturated carbocycles. The van der Waals surface area contributed by atoms with Crippen LogP contribution in [0.5, 0.6) is 0 Å². The molecule has 0 N–H and O–H groups in total. The number of hydrogen-bond donors (Lipinski definition) is 0. The molecule has 0 heterocycles. The van der Waals surface area contributed by atoms with E-state index < -0.39 is 40.1 Å². The zero-order valence-corrected chi connectivity index (χ0v) is 43.9. The summed E-state index contributed by atoms with van der Waals surface area (Å²) < 4.78 is 121. The zero-order chi connectivity index (χ0) is 51.4. The van der Waals surface area contributed by atoms with Gasteiger partial charge in [0.25, 0.3) is 40.1 Å². The van der Waals surface area contributed by atoms with Gasteiger partial charge in [-0.05, 0) is 134 Å². The molecule has 12 nitrogen and oxygen atoms in total. The molecule has 0 saturated heterocycles. The Morgan fingerprint density at radius 1 is 0.366 bits per heavy atom. The van der Waals surface area contributed by atoms with Crippen LogP contribution in [0.2, 0.25) is 0 Å². The van der Waals surface area contributed by atoms with Crippen LogP contribution in [0.1, 0.15) is 55.4 Å². The topological polar surface area (TPSA) is 150 Å². The normalized spacial score (nSPS) is 11.8. The monoisotopic (exact) mass is 1030 g/mol. The number of nitrogens with zero attached hydrogens (tertiary/aromatic N) is 4. The van der Waals surface area contributed by atoms with Gasteiger partial charge in [0.05, 0.1) is 55.4 Å². The van der Waals surface area contributed by atoms with Gasteiger partial charge in [0.15, 0.2) is 0 Å². The quantitative estimate of drug-likeness (QED) is 0.0393. The predicted octanol–water partition coefficient (Wildman–Crippen LogP) is 10.2. The fraction of sp³-hybridized carbons (Fsp3) is 0.236. The van der Waals surface area contributed by atoms with Gasteiger partial charge in [0.1, 0.15) is 0 Å². The van der Waals surface area contributed by atoms with Crippen molar-refractivity contribution in [3.05, 3.63) is 180 Å². The van der Waals surface area contributed by atoms with Crippen molar-refractivity contribution < 1.29 is 33.7 Å². The SMILES string of the molecule is CC#CCN(c1ccccc1N(CC/C=C/CCCN(c1ccccc1N(CC#CC)S(=O)(=O)c1ccc(C)cc1)S(=O)(=O)c1ccc(C)cc1)S(=O)(=O)c1ccc(C)cc1)S(=O)(=O)c1ccc(C)cc1. The van der Waals surface area contributed by atoms with E-state index in [2.05, 4.69) is 23.7 Å². The summed E-state index contributed by atoms with van der Waals surface area (Å²) in [6.45, 7) is 9.98. The Morgan fingerprint density at radius 3 is 0.944 bits per heavy atom. The number of anilines is 4. The standard InChI is InChI=1S/C55H58N4O8S4/c1-7-9-40-56(68(60,61)48-32-24-44(3)25-33-48)52-20-14-16-22-54(52)58(70(64,65)50-36-28-46(5)29-37-50)42-18-12-11-13-19-43-59(71(66,67)51-38-30-47(6)31-39-51)55-23-17-15-21-53(55)57(41-10-8-2)69(62,63)49-34-26-45(4)27-35-49/h11-12,14-17,20-39H,13,18-19,40-43H2,1-6H3/b12-11+. The number of allylic oxidation sites excluding steroid dienone is 1. The average molecular weight is 1030 g/mol. The van der Waals surface area contributed by atoms with Crippen molar-refractivity contribution in [1.29, 1.82) is 0 Å². The first-order chi connectivity index (χ1) is 33.8. The van der Waals surface area contributed by atoms with Gasteiger partial charge >= 0.3 is 0 Å². The van der Waals surface area contributed by atoms with Gasteiger partial charge in [-0.15, -0.1) is 11.8 Å². The zero-order valence-electron chi connectivity index (χ0n) is 40.6. The number of sulfonamides is 4. The summed E-state index contributed by atoms with van der Waals surface area (Å²) in [6.07, 6.45) is 4.47. The van der Waals surface area contributed by atoms with Crippen LogP contribution in [-0.4, -0.2) is 59.9 Å². The summed E-state index contributed by atoms with van der Waals surface area (Å²) in [7, 11) is -17.0. The van der Waals surface area contributed by atoms with Gasteiger partial charge < -0.3 is 0 Å².